The third-order valence-electron chi connectivity index (χ3n) is 8.46. The van der Waals surface area contributed by atoms with Gasteiger partial charge in [0.1, 0.15) is 11.4 Å². The van der Waals surface area contributed by atoms with E-state index in [1.807, 2.05) is 12.1 Å². The molecular weight excluding hydrogens is 408 g/mol. The number of hydrogen-bond acceptors (Lipinski definition) is 3. The maximum atomic E-state index is 10.1. The molecule has 0 aromatic carbocycles. The van der Waals surface area contributed by atoms with Crippen LogP contribution in [0.4, 0.5) is 0 Å². The van der Waals surface area contributed by atoms with Gasteiger partial charge in [-0.3, -0.25) is 0 Å². The van der Waals surface area contributed by atoms with Gasteiger partial charge in [-0.05, 0) is 106 Å². The van der Waals surface area contributed by atoms with E-state index in [4.69, 9.17) is 4.42 Å². The standard InChI is InChI=1S/C30H40O3/c1-20-8-12-24(31)19-23(20)11-10-22-7-6-18-30(5)26(15-16-27(22)30)21(2)9-13-25-14-17-28(33-25)29(3,4)32/h10-11,14,17,21,24,26-27,31-32H,1,6-8,12,15-16,18-19H2,2-5H3/t21-,24+,26-,27+,30-/m1/s1. The van der Waals surface area contributed by atoms with Crippen molar-refractivity contribution in [3.05, 3.63) is 59.1 Å². The summed E-state index contributed by atoms with van der Waals surface area (Å²) in [5.74, 6) is 9.37. The molecule has 3 saturated carbocycles. The Morgan fingerprint density at radius 3 is 2.73 bits per heavy atom. The Morgan fingerprint density at radius 1 is 1.21 bits per heavy atom. The molecule has 3 aliphatic carbocycles. The number of rotatable bonds is 3. The van der Waals surface area contributed by atoms with Crippen LogP contribution in [0.15, 0.2) is 52.0 Å². The van der Waals surface area contributed by atoms with Crippen LogP contribution in [0.3, 0.4) is 0 Å². The molecule has 178 valence electrons. The van der Waals surface area contributed by atoms with Gasteiger partial charge in [-0.25, -0.2) is 0 Å². The SMILES string of the molecule is C=C1CC[C@H](O)CC1=CC=C1CCC[C@]2(C)[C@@H]([C@H](C)C#Cc3ccc(C(C)(C)O)o3)CC[C@@H]12. The maximum absolute atomic E-state index is 10.1. The van der Waals surface area contributed by atoms with Crippen molar-refractivity contribution >= 4 is 0 Å². The summed E-state index contributed by atoms with van der Waals surface area (Å²) in [4.78, 5) is 0. The highest BCUT2D eigenvalue weighted by molar-refractivity contribution is 5.36. The Kier molecular flexibility index (Phi) is 6.81. The molecule has 1 aromatic heterocycles. The van der Waals surface area contributed by atoms with Crippen LogP contribution in [0, 0.1) is 35.0 Å². The Hall–Kier alpha value is -2.02. The van der Waals surface area contributed by atoms with E-state index >= 15 is 0 Å². The molecule has 33 heavy (non-hydrogen) atoms. The second kappa shape index (κ2) is 9.32. The number of allylic oxidation sites excluding steroid dienone is 4. The average Bonchev–Trinajstić information content (AvgIpc) is 3.37. The lowest BCUT2D eigenvalue weighted by atomic mass is 9.61. The van der Waals surface area contributed by atoms with Crippen LogP contribution in [0.1, 0.15) is 90.6 Å². The molecule has 1 aromatic rings. The first-order chi connectivity index (χ1) is 15.6. The zero-order chi connectivity index (χ0) is 23.8. The van der Waals surface area contributed by atoms with Gasteiger partial charge < -0.3 is 14.6 Å². The molecule has 4 rings (SSSR count). The predicted molar refractivity (Wildman–Crippen MR) is 133 cm³/mol. The summed E-state index contributed by atoms with van der Waals surface area (Å²) < 4.78 is 5.75. The Balaban J connectivity index is 1.50. The first-order valence-electron chi connectivity index (χ1n) is 12.7. The minimum absolute atomic E-state index is 0.222. The highest BCUT2D eigenvalue weighted by Gasteiger charge is 2.50. The molecule has 0 saturated heterocycles. The van der Waals surface area contributed by atoms with E-state index in [0.29, 0.717) is 29.3 Å². The monoisotopic (exact) mass is 448 g/mol. The van der Waals surface area contributed by atoms with Crippen LogP contribution < -0.4 is 0 Å². The smallest absolute Gasteiger partial charge is 0.177 e. The van der Waals surface area contributed by atoms with E-state index in [1.165, 1.54) is 43.3 Å². The van der Waals surface area contributed by atoms with E-state index in [1.54, 1.807) is 19.4 Å². The lowest BCUT2D eigenvalue weighted by molar-refractivity contribution is 0.0538. The zero-order valence-corrected chi connectivity index (χ0v) is 20.8. The minimum Gasteiger partial charge on any atom is -0.450 e. The Bertz CT molecular complexity index is 1010. The number of aliphatic hydroxyl groups is 2. The molecule has 0 amide bonds. The van der Waals surface area contributed by atoms with Crippen LogP contribution in [-0.4, -0.2) is 16.3 Å². The summed E-state index contributed by atoms with van der Waals surface area (Å²) in [6.45, 7) is 12.4. The molecule has 0 unspecified atom stereocenters. The van der Waals surface area contributed by atoms with Crippen LogP contribution in [0.5, 0.6) is 0 Å². The first kappa shape index (κ1) is 24.1. The fraction of sp³-hybridized carbons (Fsp3) is 0.600. The van der Waals surface area contributed by atoms with Gasteiger partial charge in [-0.1, -0.05) is 49.6 Å². The molecule has 3 fully saturated rings. The molecule has 3 aliphatic rings. The first-order valence-corrected chi connectivity index (χ1v) is 12.7. The summed E-state index contributed by atoms with van der Waals surface area (Å²) in [5, 5.41) is 20.2. The van der Waals surface area contributed by atoms with Crippen molar-refractivity contribution in [1.29, 1.82) is 0 Å². The number of aliphatic hydroxyl groups excluding tert-OH is 1. The Morgan fingerprint density at radius 2 is 2.00 bits per heavy atom. The van der Waals surface area contributed by atoms with Crippen LogP contribution in [-0.2, 0) is 5.60 Å². The van der Waals surface area contributed by atoms with E-state index in [-0.39, 0.29) is 11.5 Å². The van der Waals surface area contributed by atoms with Crippen molar-refractivity contribution in [1.82, 2.24) is 0 Å². The highest BCUT2D eigenvalue weighted by Crippen LogP contribution is 2.59. The molecule has 1 heterocycles. The van der Waals surface area contributed by atoms with E-state index in [9.17, 15) is 10.2 Å². The predicted octanol–water partition coefficient (Wildman–Crippen LogP) is 6.66. The van der Waals surface area contributed by atoms with Crippen molar-refractivity contribution in [2.45, 2.75) is 90.8 Å². The van der Waals surface area contributed by atoms with Crippen molar-refractivity contribution in [2.75, 3.05) is 0 Å². The third kappa shape index (κ3) is 5.08. The summed E-state index contributed by atoms with van der Waals surface area (Å²) in [7, 11) is 0. The second-order valence-corrected chi connectivity index (χ2v) is 11.3. The van der Waals surface area contributed by atoms with Crippen LogP contribution >= 0.6 is 0 Å². The number of furan rings is 1. The van der Waals surface area contributed by atoms with Crippen molar-refractivity contribution < 1.29 is 14.6 Å². The molecule has 0 spiro atoms. The van der Waals surface area contributed by atoms with Crippen molar-refractivity contribution in [2.24, 2.45) is 23.2 Å². The second-order valence-electron chi connectivity index (χ2n) is 11.3. The lowest BCUT2D eigenvalue weighted by Crippen LogP contribution is -2.35. The number of hydrogen-bond donors (Lipinski definition) is 2. The topological polar surface area (TPSA) is 53.6 Å². The fourth-order valence-electron chi connectivity index (χ4n) is 6.52. The summed E-state index contributed by atoms with van der Waals surface area (Å²) in [6.07, 6.45) is 13.0. The molecule has 0 radical (unpaired) electrons. The lowest BCUT2D eigenvalue weighted by Gasteiger charge is -2.43. The molecule has 0 bridgehead atoms. The summed E-state index contributed by atoms with van der Waals surface area (Å²) in [5.41, 5.74) is 3.29. The molecular formula is C30H40O3. The van der Waals surface area contributed by atoms with Crippen LogP contribution in [0.25, 0.3) is 0 Å². The van der Waals surface area contributed by atoms with E-state index in [0.717, 1.165) is 19.3 Å². The number of fused-ring (bicyclic) bond motifs is 1. The molecule has 2 N–H and O–H groups in total. The van der Waals surface area contributed by atoms with E-state index in [2.05, 4.69) is 44.4 Å². The summed E-state index contributed by atoms with van der Waals surface area (Å²) in [6, 6.07) is 3.67. The fourth-order valence-corrected chi connectivity index (χ4v) is 6.52. The summed E-state index contributed by atoms with van der Waals surface area (Å²) >= 11 is 0. The minimum atomic E-state index is -0.986. The normalized spacial score (nSPS) is 33.6. The van der Waals surface area contributed by atoms with Gasteiger partial charge in [0.25, 0.3) is 0 Å². The third-order valence-corrected chi connectivity index (χ3v) is 8.46. The van der Waals surface area contributed by atoms with Crippen molar-refractivity contribution in [3.8, 4) is 11.8 Å². The van der Waals surface area contributed by atoms with Crippen LogP contribution in [0.2, 0.25) is 0 Å². The highest BCUT2D eigenvalue weighted by atomic mass is 16.4. The van der Waals surface area contributed by atoms with Gasteiger partial charge in [-0.15, -0.1) is 0 Å². The molecule has 5 atom stereocenters. The molecule has 3 nitrogen and oxygen atoms in total. The van der Waals surface area contributed by atoms with Gasteiger partial charge in [-0.2, -0.15) is 0 Å². The zero-order valence-electron chi connectivity index (χ0n) is 20.8. The van der Waals surface area contributed by atoms with Gasteiger partial charge in [0, 0.05) is 5.92 Å². The average molecular weight is 449 g/mol. The van der Waals surface area contributed by atoms with Gasteiger partial charge >= 0.3 is 0 Å². The van der Waals surface area contributed by atoms with E-state index < -0.39 is 5.60 Å². The molecule has 3 heteroatoms. The van der Waals surface area contributed by atoms with Gasteiger partial charge in [0.15, 0.2) is 5.76 Å². The quantitative estimate of drug-likeness (QED) is 0.508. The van der Waals surface area contributed by atoms with Gasteiger partial charge in [0.2, 0.25) is 0 Å². The van der Waals surface area contributed by atoms with Gasteiger partial charge in [0.05, 0.1) is 6.10 Å². The molecule has 0 aliphatic heterocycles. The largest absolute Gasteiger partial charge is 0.450 e. The Labute approximate surface area is 199 Å². The maximum Gasteiger partial charge on any atom is 0.177 e. The van der Waals surface area contributed by atoms with Crippen molar-refractivity contribution in [3.63, 3.8) is 0 Å².